The Morgan fingerprint density at radius 3 is 2.64 bits per heavy atom. The van der Waals surface area contributed by atoms with E-state index in [1.807, 2.05) is 36.0 Å². The number of aromatic nitrogens is 5. The van der Waals surface area contributed by atoms with Crippen LogP contribution in [0.5, 0.6) is 5.88 Å². The zero-order valence-corrected chi connectivity index (χ0v) is 20.5. The molecule has 0 amide bonds. The predicted molar refractivity (Wildman–Crippen MR) is 132 cm³/mol. The summed E-state index contributed by atoms with van der Waals surface area (Å²) in [4.78, 5) is 21.1. The highest BCUT2D eigenvalue weighted by Gasteiger charge is 2.33. The molecule has 5 rings (SSSR count). The fourth-order valence-corrected chi connectivity index (χ4v) is 4.88. The minimum absolute atomic E-state index is 0.445. The molecule has 33 heavy (non-hydrogen) atoms. The zero-order chi connectivity index (χ0) is 23.3. The number of anilines is 1. The van der Waals surface area contributed by atoms with E-state index in [1.165, 1.54) is 12.8 Å². The Kier molecular flexibility index (Phi) is 5.60. The third-order valence-electron chi connectivity index (χ3n) is 6.45. The Labute approximate surface area is 198 Å². The molecule has 4 aromatic rings. The second kappa shape index (κ2) is 8.45. The quantitative estimate of drug-likeness (QED) is 0.371. The van der Waals surface area contributed by atoms with Crippen molar-refractivity contribution in [1.29, 1.82) is 0 Å². The second-order valence-electron chi connectivity index (χ2n) is 9.47. The van der Waals surface area contributed by atoms with Gasteiger partial charge in [0.15, 0.2) is 5.65 Å². The summed E-state index contributed by atoms with van der Waals surface area (Å²) < 4.78 is 7.36. The number of pyridine rings is 2. The summed E-state index contributed by atoms with van der Waals surface area (Å²) in [6, 6.07) is 4.54. The molecule has 2 atom stereocenters. The molecule has 8 heteroatoms. The lowest BCUT2D eigenvalue weighted by molar-refractivity contribution is 0.258. The van der Waals surface area contributed by atoms with E-state index in [9.17, 15) is 0 Å². The lowest BCUT2D eigenvalue weighted by Gasteiger charge is -2.45. The van der Waals surface area contributed by atoms with Crippen LogP contribution < -0.4 is 9.64 Å². The van der Waals surface area contributed by atoms with Crippen LogP contribution in [0.25, 0.3) is 28.1 Å². The average molecular weight is 465 g/mol. The van der Waals surface area contributed by atoms with Gasteiger partial charge in [0, 0.05) is 30.4 Å². The van der Waals surface area contributed by atoms with Crippen LogP contribution in [-0.4, -0.2) is 44.0 Å². The molecule has 1 fully saturated rings. The number of hydrogen-bond donors (Lipinski definition) is 0. The first-order valence-corrected chi connectivity index (χ1v) is 11.9. The van der Waals surface area contributed by atoms with Crippen LogP contribution in [-0.2, 0) is 0 Å². The van der Waals surface area contributed by atoms with Crippen LogP contribution in [0.1, 0.15) is 39.3 Å². The van der Waals surface area contributed by atoms with Gasteiger partial charge in [-0.1, -0.05) is 32.4 Å². The average Bonchev–Trinajstić information content (AvgIpc) is 3.16. The Balaban J connectivity index is 1.57. The number of halogens is 1. The SMILES string of the molecule is COc1nc(-c2cc(Cl)c3cc(N(CC(C)C)C4CC[C@H]4C)cnc3n2)cn2cc(C)nc12. The molecule has 0 radical (unpaired) electrons. The summed E-state index contributed by atoms with van der Waals surface area (Å²) in [7, 11) is 1.59. The molecule has 4 heterocycles. The highest BCUT2D eigenvalue weighted by atomic mass is 35.5. The molecule has 0 aromatic carbocycles. The minimum Gasteiger partial charge on any atom is -0.478 e. The van der Waals surface area contributed by atoms with Crippen LogP contribution in [0.15, 0.2) is 30.7 Å². The molecular weight excluding hydrogens is 436 g/mol. The van der Waals surface area contributed by atoms with Crippen molar-refractivity contribution in [3.05, 3.63) is 41.4 Å². The highest BCUT2D eigenvalue weighted by Crippen LogP contribution is 2.37. The predicted octanol–water partition coefficient (Wildman–Crippen LogP) is 5.57. The smallest absolute Gasteiger partial charge is 0.258 e. The van der Waals surface area contributed by atoms with Crippen molar-refractivity contribution in [1.82, 2.24) is 24.3 Å². The highest BCUT2D eigenvalue weighted by molar-refractivity contribution is 6.35. The van der Waals surface area contributed by atoms with Gasteiger partial charge in [-0.2, -0.15) is 0 Å². The first-order valence-electron chi connectivity index (χ1n) is 11.5. The topological polar surface area (TPSA) is 68.4 Å². The molecule has 1 unspecified atom stereocenters. The van der Waals surface area contributed by atoms with Crippen molar-refractivity contribution in [3.8, 4) is 17.3 Å². The monoisotopic (exact) mass is 464 g/mol. The number of fused-ring (bicyclic) bond motifs is 2. The number of aryl methyl sites for hydroxylation is 1. The minimum atomic E-state index is 0.445. The Bertz CT molecular complexity index is 1330. The maximum Gasteiger partial charge on any atom is 0.258 e. The van der Waals surface area contributed by atoms with Crippen molar-refractivity contribution < 1.29 is 4.74 Å². The molecule has 172 valence electrons. The van der Waals surface area contributed by atoms with E-state index < -0.39 is 0 Å². The Hall–Kier alpha value is -2.93. The van der Waals surface area contributed by atoms with E-state index in [4.69, 9.17) is 26.3 Å². The molecule has 0 bridgehead atoms. The molecule has 0 N–H and O–H groups in total. The first kappa shape index (κ1) is 21.9. The first-order chi connectivity index (χ1) is 15.8. The van der Waals surface area contributed by atoms with Crippen molar-refractivity contribution in [3.63, 3.8) is 0 Å². The number of nitrogens with zero attached hydrogens (tertiary/aromatic N) is 6. The zero-order valence-electron chi connectivity index (χ0n) is 19.7. The van der Waals surface area contributed by atoms with Crippen molar-refractivity contribution in [2.24, 2.45) is 11.8 Å². The number of methoxy groups -OCH3 is 1. The molecule has 4 aromatic heterocycles. The van der Waals surface area contributed by atoms with E-state index in [0.29, 0.717) is 51.5 Å². The van der Waals surface area contributed by atoms with Crippen LogP contribution in [0.4, 0.5) is 5.69 Å². The molecule has 1 aliphatic rings. The molecule has 1 aliphatic carbocycles. The lowest BCUT2D eigenvalue weighted by Crippen LogP contribution is -2.47. The van der Waals surface area contributed by atoms with Gasteiger partial charge in [0.2, 0.25) is 5.65 Å². The lowest BCUT2D eigenvalue weighted by atomic mass is 9.79. The van der Waals surface area contributed by atoms with Crippen molar-refractivity contribution in [2.75, 3.05) is 18.6 Å². The summed E-state index contributed by atoms with van der Waals surface area (Å²) in [6.07, 6.45) is 8.25. The number of hydrogen-bond acceptors (Lipinski definition) is 6. The van der Waals surface area contributed by atoms with Gasteiger partial charge in [0.1, 0.15) is 5.69 Å². The van der Waals surface area contributed by atoms with Gasteiger partial charge >= 0.3 is 0 Å². The van der Waals surface area contributed by atoms with Gasteiger partial charge in [-0.25, -0.2) is 19.9 Å². The molecular formula is C25H29ClN6O. The van der Waals surface area contributed by atoms with Gasteiger partial charge in [0.05, 0.1) is 35.4 Å². The normalized spacial score (nSPS) is 18.2. The van der Waals surface area contributed by atoms with Crippen molar-refractivity contribution >= 4 is 34.0 Å². The largest absolute Gasteiger partial charge is 0.478 e. The van der Waals surface area contributed by atoms with Crippen LogP contribution in [0.2, 0.25) is 5.02 Å². The van der Waals surface area contributed by atoms with Gasteiger partial charge in [-0.15, -0.1) is 0 Å². The Morgan fingerprint density at radius 2 is 1.97 bits per heavy atom. The molecule has 1 saturated carbocycles. The number of rotatable bonds is 6. The molecule has 0 saturated heterocycles. The fraction of sp³-hybridized carbons (Fsp3) is 0.440. The van der Waals surface area contributed by atoms with Crippen LogP contribution in [0.3, 0.4) is 0 Å². The van der Waals surface area contributed by atoms with Crippen LogP contribution in [0, 0.1) is 18.8 Å². The fourth-order valence-electron chi connectivity index (χ4n) is 4.63. The van der Waals surface area contributed by atoms with E-state index in [2.05, 4.69) is 41.7 Å². The molecule has 7 nitrogen and oxygen atoms in total. The van der Waals surface area contributed by atoms with Gasteiger partial charge in [-0.05, 0) is 43.7 Å². The van der Waals surface area contributed by atoms with E-state index in [1.54, 1.807) is 7.11 Å². The summed E-state index contributed by atoms with van der Waals surface area (Å²) in [5.41, 5.74) is 4.57. The number of imidazole rings is 1. The van der Waals surface area contributed by atoms with Crippen LogP contribution >= 0.6 is 11.6 Å². The van der Waals surface area contributed by atoms with E-state index in [-0.39, 0.29) is 0 Å². The third-order valence-corrected chi connectivity index (χ3v) is 6.76. The second-order valence-corrected chi connectivity index (χ2v) is 9.88. The summed E-state index contributed by atoms with van der Waals surface area (Å²) in [5.74, 6) is 1.70. The molecule has 0 spiro atoms. The third kappa shape index (κ3) is 3.99. The summed E-state index contributed by atoms with van der Waals surface area (Å²) >= 11 is 6.77. The molecule has 0 aliphatic heterocycles. The maximum absolute atomic E-state index is 6.77. The van der Waals surface area contributed by atoms with E-state index in [0.717, 1.165) is 23.3 Å². The summed E-state index contributed by atoms with van der Waals surface area (Å²) in [6.45, 7) is 9.78. The van der Waals surface area contributed by atoms with Gasteiger partial charge in [-0.3, -0.25) is 0 Å². The van der Waals surface area contributed by atoms with E-state index >= 15 is 0 Å². The summed E-state index contributed by atoms with van der Waals surface area (Å²) in [5, 5.41) is 1.46. The standard InChI is InChI=1S/C25H29ClN6O/c1-14(2)11-32(22-7-6-15(22)3)17-8-18-19(26)9-20(29-23(18)27-10-17)21-13-31-12-16(4)28-24(31)25(30-21)33-5/h8-10,12-15,22H,6-7,11H2,1-5H3/t15-,22?/m1/s1. The number of ether oxygens (including phenoxy) is 1. The van der Waals surface area contributed by atoms with Gasteiger partial charge < -0.3 is 14.0 Å². The maximum atomic E-state index is 6.77. The van der Waals surface area contributed by atoms with Gasteiger partial charge in [0.25, 0.3) is 5.88 Å². The Morgan fingerprint density at radius 1 is 1.15 bits per heavy atom. The van der Waals surface area contributed by atoms with Crippen molar-refractivity contribution in [2.45, 2.75) is 46.6 Å².